The lowest BCUT2D eigenvalue weighted by atomic mass is 10.2. The van der Waals surface area contributed by atoms with Crippen LogP contribution in [0.2, 0.25) is 0 Å². The number of carboxylic acids is 1. The van der Waals surface area contributed by atoms with Crippen LogP contribution in [0, 0.1) is 5.92 Å². The maximum absolute atomic E-state index is 11.1. The summed E-state index contributed by atoms with van der Waals surface area (Å²) in [5.74, 6) is -0.834. The second-order valence-corrected chi connectivity index (χ2v) is 3.30. The molecule has 0 bridgehead atoms. The summed E-state index contributed by atoms with van der Waals surface area (Å²) in [7, 11) is 0. The number of hydrogen-bond donors (Lipinski definition) is 3. The average molecular weight is 186 g/mol. The highest BCUT2D eigenvalue weighted by molar-refractivity contribution is 5.80. The number of carbonyl (C=O) groups is 2. The van der Waals surface area contributed by atoms with E-state index in [4.69, 9.17) is 10.8 Å². The van der Waals surface area contributed by atoms with Crippen LogP contribution in [-0.4, -0.2) is 29.6 Å². The van der Waals surface area contributed by atoms with Crippen LogP contribution in [0.5, 0.6) is 0 Å². The first kappa shape index (κ1) is 9.98. The molecule has 74 valence electrons. The molecule has 5 nitrogen and oxygen atoms in total. The van der Waals surface area contributed by atoms with Gasteiger partial charge in [-0.1, -0.05) is 0 Å². The normalized spacial score (nSPS) is 17.9. The lowest BCUT2D eigenvalue weighted by Crippen LogP contribution is -2.35. The minimum atomic E-state index is -1.03. The van der Waals surface area contributed by atoms with Gasteiger partial charge in [-0.25, -0.2) is 0 Å². The second-order valence-electron chi connectivity index (χ2n) is 3.30. The Hall–Kier alpha value is -1.10. The molecule has 0 aromatic rings. The monoisotopic (exact) mass is 186 g/mol. The highest BCUT2D eigenvalue weighted by atomic mass is 16.4. The number of aliphatic carboxylic acids is 1. The lowest BCUT2D eigenvalue weighted by molar-refractivity contribution is -0.138. The zero-order valence-electron chi connectivity index (χ0n) is 7.32. The van der Waals surface area contributed by atoms with Crippen LogP contribution in [0.3, 0.4) is 0 Å². The molecule has 1 saturated carbocycles. The Bertz CT molecular complexity index is 213. The maximum atomic E-state index is 11.1. The molecular weight excluding hydrogens is 172 g/mol. The minimum Gasteiger partial charge on any atom is -0.480 e. The van der Waals surface area contributed by atoms with E-state index in [1.165, 1.54) is 0 Å². The molecule has 0 heterocycles. The predicted molar refractivity (Wildman–Crippen MR) is 46.0 cm³/mol. The van der Waals surface area contributed by atoms with E-state index in [2.05, 4.69) is 5.32 Å². The summed E-state index contributed by atoms with van der Waals surface area (Å²) in [6, 6.07) is -0.875. The molecule has 1 aliphatic carbocycles. The number of nitrogens with two attached hydrogens (primary N) is 1. The summed E-state index contributed by atoms with van der Waals surface area (Å²) < 4.78 is 0. The van der Waals surface area contributed by atoms with Gasteiger partial charge in [0.1, 0.15) is 6.04 Å². The van der Waals surface area contributed by atoms with Gasteiger partial charge in [-0.3, -0.25) is 9.59 Å². The van der Waals surface area contributed by atoms with Crippen molar-refractivity contribution in [2.75, 3.05) is 6.54 Å². The number of hydrogen-bond acceptors (Lipinski definition) is 3. The first-order valence-electron chi connectivity index (χ1n) is 4.37. The molecule has 0 aromatic carbocycles. The summed E-state index contributed by atoms with van der Waals surface area (Å²) in [5.41, 5.74) is 5.24. The highest BCUT2D eigenvalue weighted by Crippen LogP contribution is 2.28. The SMILES string of the molecule is NC(CCNC(=O)C1CC1)C(=O)O. The van der Waals surface area contributed by atoms with E-state index < -0.39 is 12.0 Å². The molecule has 0 radical (unpaired) electrons. The Kier molecular flexibility index (Phi) is 3.25. The molecule has 1 fully saturated rings. The van der Waals surface area contributed by atoms with Gasteiger partial charge in [0, 0.05) is 12.5 Å². The van der Waals surface area contributed by atoms with E-state index in [1.807, 2.05) is 0 Å². The fraction of sp³-hybridized carbons (Fsp3) is 0.750. The number of carbonyl (C=O) groups excluding carboxylic acids is 1. The van der Waals surface area contributed by atoms with Gasteiger partial charge in [-0.2, -0.15) is 0 Å². The van der Waals surface area contributed by atoms with Crippen LogP contribution < -0.4 is 11.1 Å². The molecule has 4 N–H and O–H groups in total. The van der Waals surface area contributed by atoms with Gasteiger partial charge in [-0.05, 0) is 19.3 Å². The summed E-state index contributed by atoms with van der Waals surface area (Å²) in [6.45, 7) is 0.350. The summed E-state index contributed by atoms with van der Waals surface area (Å²) >= 11 is 0. The van der Waals surface area contributed by atoms with Crippen molar-refractivity contribution in [2.45, 2.75) is 25.3 Å². The summed E-state index contributed by atoms with van der Waals surface area (Å²) in [4.78, 5) is 21.3. The average Bonchev–Trinajstić information content (AvgIpc) is 2.85. The zero-order chi connectivity index (χ0) is 9.84. The Morgan fingerprint density at radius 2 is 2.15 bits per heavy atom. The third-order valence-electron chi connectivity index (χ3n) is 2.02. The Morgan fingerprint density at radius 3 is 2.62 bits per heavy atom. The van der Waals surface area contributed by atoms with Gasteiger partial charge >= 0.3 is 5.97 Å². The third kappa shape index (κ3) is 3.42. The van der Waals surface area contributed by atoms with Gasteiger partial charge in [0.25, 0.3) is 0 Å². The number of nitrogens with one attached hydrogen (secondary N) is 1. The number of carboxylic acid groups (broad SMARTS) is 1. The summed E-state index contributed by atoms with van der Waals surface area (Å²) in [5, 5.41) is 11.1. The largest absolute Gasteiger partial charge is 0.480 e. The van der Waals surface area contributed by atoms with Crippen molar-refractivity contribution in [2.24, 2.45) is 11.7 Å². The lowest BCUT2D eigenvalue weighted by Gasteiger charge is -2.06. The molecule has 0 spiro atoms. The molecule has 1 atom stereocenters. The van der Waals surface area contributed by atoms with Crippen LogP contribution in [0.1, 0.15) is 19.3 Å². The van der Waals surface area contributed by atoms with Crippen LogP contribution in [0.15, 0.2) is 0 Å². The maximum Gasteiger partial charge on any atom is 0.320 e. The fourth-order valence-corrected chi connectivity index (χ4v) is 0.964. The molecule has 13 heavy (non-hydrogen) atoms. The molecule has 1 rings (SSSR count). The van der Waals surface area contributed by atoms with Crippen molar-refractivity contribution in [3.8, 4) is 0 Å². The molecule has 1 amide bonds. The molecule has 0 saturated heterocycles. The van der Waals surface area contributed by atoms with Crippen molar-refractivity contribution in [1.82, 2.24) is 5.32 Å². The smallest absolute Gasteiger partial charge is 0.320 e. The van der Waals surface area contributed by atoms with Crippen LogP contribution in [0.25, 0.3) is 0 Å². The van der Waals surface area contributed by atoms with E-state index in [1.54, 1.807) is 0 Å². The molecular formula is C8H14N2O3. The molecule has 1 aliphatic rings. The number of amides is 1. The molecule has 0 aromatic heterocycles. The summed E-state index contributed by atoms with van der Waals surface area (Å²) in [6.07, 6.45) is 2.20. The van der Waals surface area contributed by atoms with Gasteiger partial charge in [-0.15, -0.1) is 0 Å². The highest BCUT2D eigenvalue weighted by Gasteiger charge is 2.29. The number of rotatable bonds is 5. The first-order valence-corrected chi connectivity index (χ1v) is 4.37. The third-order valence-corrected chi connectivity index (χ3v) is 2.02. The van der Waals surface area contributed by atoms with Crippen LogP contribution in [-0.2, 0) is 9.59 Å². The van der Waals surface area contributed by atoms with Crippen molar-refractivity contribution in [1.29, 1.82) is 0 Å². The zero-order valence-corrected chi connectivity index (χ0v) is 7.32. The van der Waals surface area contributed by atoms with Gasteiger partial charge in [0.15, 0.2) is 0 Å². The first-order chi connectivity index (χ1) is 6.11. The van der Waals surface area contributed by atoms with Crippen LogP contribution in [0.4, 0.5) is 0 Å². The fourth-order valence-electron chi connectivity index (χ4n) is 0.964. The van der Waals surface area contributed by atoms with E-state index in [0.717, 1.165) is 12.8 Å². The van der Waals surface area contributed by atoms with Crippen molar-refractivity contribution in [3.05, 3.63) is 0 Å². The van der Waals surface area contributed by atoms with Gasteiger partial charge < -0.3 is 16.2 Å². The topological polar surface area (TPSA) is 92.4 Å². The van der Waals surface area contributed by atoms with Gasteiger partial charge in [0.05, 0.1) is 0 Å². The van der Waals surface area contributed by atoms with E-state index in [9.17, 15) is 9.59 Å². The standard InChI is InChI=1S/C8H14N2O3/c9-6(8(12)13)3-4-10-7(11)5-1-2-5/h5-6H,1-4,9H2,(H,10,11)(H,12,13). The molecule has 5 heteroatoms. The quantitative estimate of drug-likeness (QED) is 0.530. The Labute approximate surface area is 76.3 Å². The van der Waals surface area contributed by atoms with Crippen molar-refractivity contribution >= 4 is 11.9 Å². The van der Waals surface area contributed by atoms with E-state index in [0.29, 0.717) is 6.54 Å². The van der Waals surface area contributed by atoms with Gasteiger partial charge in [0.2, 0.25) is 5.91 Å². The van der Waals surface area contributed by atoms with Crippen molar-refractivity contribution in [3.63, 3.8) is 0 Å². The Morgan fingerprint density at radius 1 is 1.54 bits per heavy atom. The van der Waals surface area contributed by atoms with Crippen molar-refractivity contribution < 1.29 is 14.7 Å². The van der Waals surface area contributed by atoms with E-state index in [-0.39, 0.29) is 18.2 Å². The van der Waals surface area contributed by atoms with Crippen LogP contribution >= 0.6 is 0 Å². The second kappa shape index (κ2) is 4.23. The minimum absolute atomic E-state index is 0.0255. The predicted octanol–water partition coefficient (Wildman–Crippen LogP) is -0.685. The molecule has 1 unspecified atom stereocenters. The Balaban J connectivity index is 2.05. The van der Waals surface area contributed by atoms with E-state index >= 15 is 0 Å². The molecule has 0 aliphatic heterocycles.